The van der Waals surface area contributed by atoms with E-state index in [1.807, 2.05) is 19.9 Å². The first-order valence-electron chi connectivity index (χ1n) is 14.1. The zero-order chi connectivity index (χ0) is 33.9. The number of nitrogens with one attached hydrogen (secondary N) is 1. The number of benzene rings is 2. The van der Waals surface area contributed by atoms with E-state index in [1.54, 1.807) is 12.3 Å². The number of halogens is 9. The fourth-order valence-electron chi connectivity index (χ4n) is 4.94. The topological polar surface area (TPSA) is 71.8 Å². The van der Waals surface area contributed by atoms with Gasteiger partial charge in [-0.15, -0.1) is 5.10 Å². The third-order valence-corrected chi connectivity index (χ3v) is 7.21. The lowest BCUT2D eigenvalue weighted by molar-refractivity contribution is -0.143. The molecule has 0 fully saturated rings. The van der Waals surface area contributed by atoms with Crippen molar-refractivity contribution in [3.8, 4) is 0 Å². The van der Waals surface area contributed by atoms with Gasteiger partial charge in [-0.05, 0) is 82.8 Å². The van der Waals surface area contributed by atoms with Crippen LogP contribution in [-0.4, -0.2) is 25.2 Å². The number of anilines is 1. The molecule has 2 aromatic heterocycles. The van der Waals surface area contributed by atoms with Crippen molar-refractivity contribution in [2.45, 2.75) is 70.9 Å². The number of rotatable bonds is 11. The molecule has 46 heavy (non-hydrogen) atoms. The molecule has 0 aliphatic heterocycles. The largest absolute Gasteiger partial charge is 0.416 e. The van der Waals surface area contributed by atoms with Crippen LogP contribution in [0.2, 0.25) is 0 Å². The van der Waals surface area contributed by atoms with Crippen molar-refractivity contribution in [3.63, 3.8) is 0 Å². The Kier molecular flexibility index (Phi) is 10.3. The number of nitrogens with zero attached hydrogens (tertiary/aromatic N) is 6. The van der Waals surface area contributed by atoms with Crippen LogP contribution in [0.15, 0.2) is 54.7 Å². The van der Waals surface area contributed by atoms with Crippen molar-refractivity contribution in [1.82, 2.24) is 30.5 Å². The summed E-state index contributed by atoms with van der Waals surface area (Å²) >= 11 is 0. The van der Waals surface area contributed by atoms with Crippen LogP contribution >= 0.6 is 0 Å². The highest BCUT2D eigenvalue weighted by molar-refractivity contribution is 5.42. The minimum absolute atomic E-state index is 0.00307. The number of aryl methyl sites for hydroxylation is 2. The van der Waals surface area contributed by atoms with E-state index in [2.05, 4.69) is 25.7 Å². The smallest absolute Gasteiger partial charge is 0.330 e. The molecular weight excluding hydrogens is 629 g/mol. The molecule has 1 N–H and O–H groups in total. The maximum absolute atomic E-state index is 13.9. The van der Waals surface area contributed by atoms with Gasteiger partial charge in [0.25, 0.3) is 5.95 Å². The van der Waals surface area contributed by atoms with Gasteiger partial charge in [0.15, 0.2) is 0 Å². The maximum Gasteiger partial charge on any atom is 0.416 e. The van der Waals surface area contributed by atoms with Crippen LogP contribution in [0.25, 0.3) is 0 Å². The van der Waals surface area contributed by atoms with E-state index in [1.165, 1.54) is 18.0 Å². The third-order valence-electron chi connectivity index (χ3n) is 7.21. The Morgan fingerprint density at radius 2 is 1.43 bits per heavy atom. The first-order valence-corrected chi connectivity index (χ1v) is 14.1. The molecule has 4 rings (SSSR count). The second-order valence-corrected chi connectivity index (χ2v) is 10.6. The van der Waals surface area contributed by atoms with Crippen molar-refractivity contribution in [2.24, 2.45) is 7.05 Å². The second-order valence-electron chi connectivity index (χ2n) is 10.6. The van der Waals surface area contributed by atoms with Gasteiger partial charge >= 0.3 is 18.5 Å². The molecule has 16 heteroatoms. The summed E-state index contributed by atoms with van der Waals surface area (Å²) in [6.45, 7) is 3.13. The molecule has 0 amide bonds. The summed E-state index contributed by atoms with van der Waals surface area (Å²) in [5.74, 6) is -0.207. The molecule has 0 spiro atoms. The van der Waals surface area contributed by atoms with E-state index >= 15 is 0 Å². The third kappa shape index (κ3) is 8.73. The molecule has 4 aromatic rings. The molecule has 0 saturated heterocycles. The highest BCUT2D eigenvalue weighted by Gasteiger charge is 2.37. The molecule has 1 unspecified atom stereocenters. The van der Waals surface area contributed by atoms with Crippen molar-refractivity contribution in [2.75, 3.05) is 4.90 Å². The van der Waals surface area contributed by atoms with Gasteiger partial charge in [0.2, 0.25) is 0 Å². The lowest BCUT2D eigenvalue weighted by atomic mass is 9.95. The summed E-state index contributed by atoms with van der Waals surface area (Å²) in [5.41, 5.74) is -2.11. The Hall–Kier alpha value is -4.21. The van der Waals surface area contributed by atoms with Gasteiger partial charge in [0, 0.05) is 37.6 Å². The Bertz CT molecular complexity index is 1600. The van der Waals surface area contributed by atoms with Crippen LogP contribution in [0.3, 0.4) is 0 Å². The van der Waals surface area contributed by atoms with Gasteiger partial charge in [0.05, 0.1) is 23.7 Å². The number of alkyl halides is 9. The summed E-state index contributed by atoms with van der Waals surface area (Å²) in [7, 11) is 1.39. The fourth-order valence-corrected chi connectivity index (χ4v) is 4.94. The van der Waals surface area contributed by atoms with E-state index in [0.717, 1.165) is 28.2 Å². The maximum atomic E-state index is 13.9. The number of aromatic nitrogens is 5. The SMILES string of the molecule is CCc1cc(CNC(CC)c2ccc(C(F)(F)F)cc2CN(Cc2cc(C(F)(F)F)cc(C(F)(F)F)c2)c2nnn(C)n2)ccn1. The average molecular weight is 660 g/mol. The zero-order valence-corrected chi connectivity index (χ0v) is 24.9. The highest BCUT2D eigenvalue weighted by Crippen LogP contribution is 2.38. The molecule has 2 heterocycles. The molecule has 248 valence electrons. The summed E-state index contributed by atoms with van der Waals surface area (Å²) in [6.07, 6.45) is -12.1. The Balaban J connectivity index is 1.76. The quantitative estimate of drug-likeness (QED) is 0.167. The Labute approximate surface area is 258 Å². The predicted octanol–water partition coefficient (Wildman–Crippen LogP) is 7.67. The normalized spacial score (nSPS) is 13.2. The second kappa shape index (κ2) is 13.6. The van der Waals surface area contributed by atoms with Crippen molar-refractivity contribution >= 4 is 5.95 Å². The first-order chi connectivity index (χ1) is 21.5. The summed E-state index contributed by atoms with van der Waals surface area (Å²) < 4.78 is 123. The van der Waals surface area contributed by atoms with Gasteiger partial charge in [0.1, 0.15) is 0 Å². The van der Waals surface area contributed by atoms with E-state index in [9.17, 15) is 39.5 Å². The molecule has 0 radical (unpaired) electrons. The molecule has 2 aromatic carbocycles. The molecule has 0 saturated carbocycles. The van der Waals surface area contributed by atoms with Gasteiger partial charge in [-0.25, -0.2) is 0 Å². The van der Waals surface area contributed by atoms with Gasteiger partial charge in [-0.1, -0.05) is 25.0 Å². The minimum Gasteiger partial charge on any atom is -0.330 e. The Morgan fingerprint density at radius 3 is 1.98 bits per heavy atom. The van der Waals surface area contributed by atoms with Crippen LogP contribution in [-0.2, 0) is 51.6 Å². The lowest BCUT2D eigenvalue weighted by Crippen LogP contribution is -2.27. The van der Waals surface area contributed by atoms with E-state index in [0.29, 0.717) is 37.1 Å². The summed E-state index contributed by atoms with van der Waals surface area (Å²) in [5, 5.41) is 14.9. The number of hydrogen-bond acceptors (Lipinski definition) is 6. The summed E-state index contributed by atoms with van der Waals surface area (Å²) in [4.78, 5) is 6.46. The van der Waals surface area contributed by atoms with E-state index in [4.69, 9.17) is 0 Å². The van der Waals surface area contributed by atoms with Gasteiger partial charge < -0.3 is 10.2 Å². The minimum atomic E-state index is -5.09. The first kappa shape index (κ1) is 34.7. The van der Waals surface area contributed by atoms with Crippen LogP contribution < -0.4 is 10.2 Å². The molecule has 0 aliphatic carbocycles. The number of hydrogen-bond donors (Lipinski definition) is 1. The van der Waals surface area contributed by atoms with Crippen LogP contribution in [0, 0.1) is 0 Å². The molecule has 7 nitrogen and oxygen atoms in total. The fraction of sp³-hybridized carbons (Fsp3) is 0.400. The molecular formula is C30H30F9N7. The van der Waals surface area contributed by atoms with Crippen molar-refractivity contribution in [1.29, 1.82) is 0 Å². The van der Waals surface area contributed by atoms with Crippen LogP contribution in [0.4, 0.5) is 45.5 Å². The van der Waals surface area contributed by atoms with Crippen LogP contribution in [0.5, 0.6) is 0 Å². The average Bonchev–Trinajstić information content (AvgIpc) is 3.42. The molecule has 0 bridgehead atoms. The standard InChI is InChI=1S/C30H30F9N7/c1-4-24-12-18(8-9-40-24)15-41-26(5-2)25-7-6-21(28(31,32)33)13-20(25)17-46(27-42-44-45(3)43-27)16-19-10-22(29(34,35)36)14-23(11-19)30(37,38)39/h6-14,26,41H,4-5,15-17H2,1-3H3. The Morgan fingerprint density at radius 1 is 0.783 bits per heavy atom. The van der Waals surface area contributed by atoms with E-state index < -0.39 is 59.9 Å². The van der Waals surface area contributed by atoms with E-state index in [-0.39, 0.29) is 17.6 Å². The predicted molar refractivity (Wildman–Crippen MR) is 150 cm³/mol. The highest BCUT2D eigenvalue weighted by atomic mass is 19.4. The van der Waals surface area contributed by atoms with Crippen LogP contribution in [0.1, 0.15) is 70.9 Å². The number of tetrazole rings is 1. The molecule has 0 aliphatic rings. The molecule has 1 atom stereocenters. The zero-order valence-electron chi connectivity index (χ0n) is 24.9. The monoisotopic (exact) mass is 659 g/mol. The van der Waals surface area contributed by atoms with Crippen molar-refractivity contribution < 1.29 is 39.5 Å². The summed E-state index contributed by atoms with van der Waals surface area (Å²) in [6, 6.07) is 7.51. The lowest BCUT2D eigenvalue weighted by Gasteiger charge is -2.27. The number of pyridine rings is 1. The van der Waals surface area contributed by atoms with Gasteiger partial charge in [-0.3, -0.25) is 4.98 Å². The van der Waals surface area contributed by atoms with Gasteiger partial charge in [-0.2, -0.15) is 44.3 Å². The van der Waals surface area contributed by atoms with Crippen molar-refractivity contribution in [3.05, 3.63) is 99.4 Å².